The number of fused-ring (bicyclic) bond motifs is 2. The van der Waals surface area contributed by atoms with Gasteiger partial charge in [-0.2, -0.15) is 45.3 Å². The molecule has 1 atom stereocenters. The van der Waals surface area contributed by atoms with Crippen molar-refractivity contribution in [3.8, 4) is 0 Å². The van der Waals surface area contributed by atoms with Crippen LogP contribution in [0.3, 0.4) is 0 Å². The average Bonchev–Trinajstić information content (AvgIpc) is 2.13. The summed E-state index contributed by atoms with van der Waals surface area (Å²) in [5.74, 6) is -0.0277. The molecule has 0 unspecified atom stereocenters. The van der Waals surface area contributed by atoms with E-state index in [0.717, 1.165) is 44.1 Å². The Morgan fingerprint density at radius 3 is 1.44 bits per heavy atom. The second kappa shape index (κ2) is 31.1. The first-order valence-corrected chi connectivity index (χ1v) is 30.2. The van der Waals surface area contributed by atoms with Crippen molar-refractivity contribution < 1.29 is 44.7 Å². The molecule has 1 aliphatic heterocycles. The van der Waals surface area contributed by atoms with Gasteiger partial charge in [0.15, 0.2) is 0 Å². The van der Waals surface area contributed by atoms with Crippen molar-refractivity contribution in [2.24, 2.45) is 0 Å². The number of H-pyrrole nitrogens is 2. The van der Waals surface area contributed by atoms with Crippen molar-refractivity contribution in [3.63, 3.8) is 0 Å². The van der Waals surface area contributed by atoms with E-state index in [9.17, 15) is 44.7 Å². The quantitative estimate of drug-likeness (QED) is 0.0302. The number of carbonyl (C=O) groups is 2. The Kier molecular flexibility index (Phi) is 23.2. The minimum atomic E-state index is -4.49. The number of likely N-dealkylation sites (tertiary alicyclic amines) is 1. The second-order valence-electron chi connectivity index (χ2n) is 22.1. The summed E-state index contributed by atoms with van der Waals surface area (Å²) in [5, 5.41) is 20.4. The summed E-state index contributed by atoms with van der Waals surface area (Å²) in [6.07, 6.45) is 6.30. The standard InChI is InChI=1S/C33H34F4N6O.C28H26F4N4.C6H10BrNO/c1-42(2)30(44)11-7-17-43-16-6-10-25(21-43)39-29-15-13-24(20-38-29)31(23-12-14-28-26(18-23)32(34)41-40-28)27(19-33(35,36)37)22-8-4-3-5-9-22;29-27-22-15-19(11-13-24(22)35-36-27)26(23(16-28(30,31)32)18-7-3-1-4-8-18)20-12-14-25(33-17-20)34-21-9-5-2-6-10-21;1-8(2)6(9)4-3-5-7/h3-5,7-9,11-15,18,20,25H,6,10,16-17,19,21H2,1-2H3,(H,38,39)(H,40,41);1,3-4,7-8,11-15,17,21H,2,5-6,9-10,16H2,(H,33,34)(H,35,36);3-4H,5H2,1-2H3/b11-7+,31-27-;26-23-;4-3+/t25-;;/m1../s1. The molecule has 0 radical (unpaired) electrons. The number of pyridine rings is 2. The Bertz CT molecular complexity index is 3740. The van der Waals surface area contributed by atoms with Gasteiger partial charge >= 0.3 is 12.4 Å². The van der Waals surface area contributed by atoms with Crippen molar-refractivity contribution in [1.82, 2.24) is 45.1 Å². The highest BCUT2D eigenvalue weighted by molar-refractivity contribution is 9.09. The average molecular weight is 1290 g/mol. The normalized spacial score (nSPS) is 15.6. The van der Waals surface area contributed by atoms with Gasteiger partial charge in [-0.15, -0.1) is 0 Å². The highest BCUT2D eigenvalue weighted by Gasteiger charge is 2.33. The number of halogens is 9. The Morgan fingerprint density at radius 2 is 1.01 bits per heavy atom. The van der Waals surface area contributed by atoms with Gasteiger partial charge in [-0.3, -0.25) is 24.7 Å². The summed E-state index contributed by atoms with van der Waals surface area (Å²) >= 11 is 3.17. The molecule has 2 aliphatic rings. The number of allylic oxidation sites excluding steroid dienone is 3. The number of likely N-dealkylation sites (N-methyl/N-ethyl adjacent to an activating group) is 2. The number of aromatic nitrogens is 6. The van der Waals surface area contributed by atoms with E-state index in [2.05, 4.69) is 61.8 Å². The summed E-state index contributed by atoms with van der Waals surface area (Å²) in [6, 6.07) is 34.0. The largest absolute Gasteiger partial charge is 0.393 e. The first kappa shape index (κ1) is 66.5. The number of anilines is 2. The molecule has 89 heavy (non-hydrogen) atoms. The molecule has 4 aromatic carbocycles. The Hall–Kier alpha value is -8.50. The SMILES string of the molecule is CN(C)C(=O)/C=C/CBr.CN(C)C(=O)/C=C/CN1CCC[C@@H](Nc2ccc(/C(=C(/CC(F)(F)F)c3ccccc3)c3ccc4n[nH]c(F)c4c3)cn2)C1.Fc1[nH]nc2ccc(/C(=C(\CC(F)(F)F)c3ccccc3)c3ccc(NC4CCCCC4)nc3)cc12. The summed E-state index contributed by atoms with van der Waals surface area (Å²) in [4.78, 5) is 37.0. The molecule has 1 saturated heterocycles. The number of hydrogen-bond donors (Lipinski definition) is 4. The highest BCUT2D eigenvalue weighted by atomic mass is 79.9. The van der Waals surface area contributed by atoms with Gasteiger partial charge in [-0.05, 0) is 131 Å². The molecule has 1 saturated carbocycles. The number of piperidine rings is 1. The van der Waals surface area contributed by atoms with E-state index in [4.69, 9.17) is 0 Å². The zero-order valence-corrected chi connectivity index (χ0v) is 51.3. The number of amides is 2. The van der Waals surface area contributed by atoms with E-state index in [1.54, 1.807) is 162 Å². The number of rotatable bonds is 17. The van der Waals surface area contributed by atoms with Crippen LogP contribution >= 0.6 is 15.9 Å². The summed E-state index contributed by atoms with van der Waals surface area (Å²) in [5.41, 5.74) is 4.36. The predicted molar refractivity (Wildman–Crippen MR) is 340 cm³/mol. The van der Waals surface area contributed by atoms with Gasteiger partial charge in [-0.25, -0.2) is 9.97 Å². The zero-order chi connectivity index (χ0) is 63.7. The zero-order valence-electron chi connectivity index (χ0n) is 49.7. The lowest BCUT2D eigenvalue weighted by Crippen LogP contribution is -2.42. The molecule has 4 N–H and O–H groups in total. The van der Waals surface area contributed by atoms with E-state index >= 15 is 0 Å². The summed E-state index contributed by atoms with van der Waals surface area (Å²) < 4.78 is 112. The minimum Gasteiger partial charge on any atom is -0.367 e. The van der Waals surface area contributed by atoms with Gasteiger partial charge in [0, 0.05) is 88.3 Å². The molecule has 22 heteroatoms. The van der Waals surface area contributed by atoms with Crippen LogP contribution in [0, 0.1) is 11.9 Å². The van der Waals surface area contributed by atoms with Crippen LogP contribution in [0.2, 0.25) is 0 Å². The molecule has 8 aromatic rings. The molecule has 4 aromatic heterocycles. The van der Waals surface area contributed by atoms with Crippen molar-refractivity contribution in [3.05, 3.63) is 203 Å². The minimum absolute atomic E-state index is 0.0226. The van der Waals surface area contributed by atoms with Crippen molar-refractivity contribution in [1.29, 1.82) is 0 Å². The number of carbonyl (C=O) groups excluding carboxylic acids is 2. The maximum absolute atomic E-state index is 14.5. The third-order valence-corrected chi connectivity index (χ3v) is 15.3. The molecule has 10 rings (SSSR count). The maximum atomic E-state index is 14.5. The van der Waals surface area contributed by atoms with Crippen LogP contribution in [0.1, 0.15) is 91.2 Å². The van der Waals surface area contributed by atoms with Crippen molar-refractivity contribution >= 4 is 83.5 Å². The first-order valence-electron chi connectivity index (χ1n) is 29.1. The molecule has 1 aliphatic carbocycles. The molecule has 13 nitrogen and oxygen atoms in total. The molecule has 0 bridgehead atoms. The van der Waals surface area contributed by atoms with Gasteiger partial charge in [-0.1, -0.05) is 120 Å². The molecular weight excluding hydrogens is 1220 g/mol. The number of nitrogens with zero attached hydrogens (tertiary/aromatic N) is 7. The third-order valence-electron chi connectivity index (χ3n) is 15.0. The lowest BCUT2D eigenvalue weighted by molar-refractivity contribution is -0.124. The molecule has 0 spiro atoms. The molecule has 2 fully saturated rings. The number of nitrogens with one attached hydrogen (secondary N) is 4. The van der Waals surface area contributed by atoms with E-state index in [1.807, 2.05) is 6.08 Å². The van der Waals surface area contributed by atoms with Crippen LogP contribution < -0.4 is 10.6 Å². The first-order chi connectivity index (χ1) is 42.6. The third kappa shape index (κ3) is 19.2. The molecule has 2 amide bonds. The highest BCUT2D eigenvalue weighted by Crippen LogP contribution is 2.42. The van der Waals surface area contributed by atoms with Crippen LogP contribution in [0.5, 0.6) is 0 Å². The number of benzene rings is 4. The van der Waals surface area contributed by atoms with Gasteiger partial charge < -0.3 is 20.4 Å². The topological polar surface area (TPSA) is 151 Å². The van der Waals surface area contributed by atoms with Gasteiger partial charge in [0.2, 0.25) is 23.7 Å². The fraction of sp³-hybridized carbons (Fsp3) is 0.313. The second-order valence-corrected chi connectivity index (χ2v) is 22.7. The number of hydrogen-bond acceptors (Lipinski definition) is 9. The number of aromatic amines is 2. The van der Waals surface area contributed by atoms with Crippen LogP contribution in [0.15, 0.2) is 158 Å². The van der Waals surface area contributed by atoms with Crippen LogP contribution in [0.4, 0.5) is 46.8 Å². The Morgan fingerprint density at radius 1 is 0.573 bits per heavy atom. The van der Waals surface area contributed by atoms with E-state index < -0.39 is 37.1 Å². The maximum Gasteiger partial charge on any atom is 0.393 e. The van der Waals surface area contributed by atoms with Gasteiger partial charge in [0.05, 0.1) is 34.6 Å². The van der Waals surface area contributed by atoms with E-state index in [-0.39, 0.29) is 39.8 Å². The fourth-order valence-electron chi connectivity index (χ4n) is 10.7. The van der Waals surface area contributed by atoms with Crippen LogP contribution in [-0.4, -0.2) is 134 Å². The number of alkyl halides is 7. The molecule has 5 heterocycles. The predicted octanol–water partition coefficient (Wildman–Crippen LogP) is 15.3. The van der Waals surface area contributed by atoms with Crippen molar-refractivity contribution in [2.45, 2.75) is 82.2 Å². The lowest BCUT2D eigenvalue weighted by atomic mass is 9.88. The lowest BCUT2D eigenvalue weighted by Gasteiger charge is -2.32. The van der Waals surface area contributed by atoms with Gasteiger partial charge in [0.25, 0.3) is 0 Å². The fourth-order valence-corrected chi connectivity index (χ4v) is 10.8. The van der Waals surface area contributed by atoms with E-state index in [0.29, 0.717) is 79.8 Å². The molecule has 468 valence electrons. The summed E-state index contributed by atoms with van der Waals surface area (Å²) in [6.45, 7) is 2.33. The van der Waals surface area contributed by atoms with Crippen LogP contribution in [0.25, 0.3) is 44.1 Å². The Labute approximate surface area is 520 Å². The Balaban J connectivity index is 0.000000205. The smallest absolute Gasteiger partial charge is 0.367 e. The molecular formula is C67H70BrF8N11O2. The van der Waals surface area contributed by atoms with Crippen molar-refractivity contribution in [2.75, 3.05) is 63.8 Å². The van der Waals surface area contributed by atoms with Crippen LogP contribution in [-0.2, 0) is 9.59 Å². The summed E-state index contributed by atoms with van der Waals surface area (Å²) in [7, 11) is 6.87. The monoisotopic (exact) mass is 1290 g/mol. The van der Waals surface area contributed by atoms with Gasteiger partial charge in [0.1, 0.15) is 11.6 Å². The van der Waals surface area contributed by atoms with E-state index in [1.165, 1.54) is 47.3 Å².